The predicted octanol–water partition coefficient (Wildman–Crippen LogP) is 1.10. The van der Waals surface area contributed by atoms with Gasteiger partial charge in [-0.15, -0.1) is 0 Å². The van der Waals surface area contributed by atoms with E-state index in [1.165, 1.54) is 0 Å². The molecule has 1 aliphatic heterocycles. The van der Waals surface area contributed by atoms with Gasteiger partial charge in [0, 0.05) is 38.9 Å². The number of hydrogen-bond donors (Lipinski definition) is 3. The summed E-state index contributed by atoms with van der Waals surface area (Å²) in [6.07, 6.45) is 0.489. The van der Waals surface area contributed by atoms with E-state index in [1.807, 2.05) is 24.3 Å². The van der Waals surface area contributed by atoms with Crippen molar-refractivity contribution in [1.82, 2.24) is 5.32 Å². The van der Waals surface area contributed by atoms with Crippen molar-refractivity contribution in [3.05, 3.63) is 29.8 Å². The van der Waals surface area contributed by atoms with Crippen LogP contribution in [0, 0.1) is 0 Å². The highest BCUT2D eigenvalue weighted by atomic mass is 16.5. The van der Waals surface area contributed by atoms with Crippen molar-refractivity contribution in [1.29, 1.82) is 0 Å². The van der Waals surface area contributed by atoms with Crippen molar-refractivity contribution in [2.24, 2.45) is 0 Å². The number of para-hydroxylation sites is 1. The number of anilines is 1. The number of fused-ring (bicyclic) bond motifs is 1. The summed E-state index contributed by atoms with van der Waals surface area (Å²) in [4.78, 5) is 12.2. The van der Waals surface area contributed by atoms with E-state index in [-0.39, 0.29) is 18.4 Å². The number of rotatable bonds is 6. The van der Waals surface area contributed by atoms with Crippen molar-refractivity contribution >= 4 is 11.6 Å². The second kappa shape index (κ2) is 6.24. The van der Waals surface area contributed by atoms with E-state index in [2.05, 4.69) is 10.6 Å². The maximum absolute atomic E-state index is 12.2. The largest absolute Gasteiger partial charge is 0.388 e. The average Bonchev–Trinajstić information content (AvgIpc) is 2.87. The van der Waals surface area contributed by atoms with E-state index in [1.54, 1.807) is 14.0 Å². The molecule has 1 aromatic rings. The monoisotopic (exact) mass is 278 g/mol. The summed E-state index contributed by atoms with van der Waals surface area (Å²) in [5.41, 5.74) is 1.08. The van der Waals surface area contributed by atoms with Crippen molar-refractivity contribution in [3.8, 4) is 0 Å². The molecular weight excluding hydrogens is 256 g/mol. The molecule has 0 fully saturated rings. The van der Waals surface area contributed by atoms with Gasteiger partial charge >= 0.3 is 0 Å². The molecule has 0 radical (unpaired) electrons. The third-order valence-electron chi connectivity index (χ3n) is 3.64. The maximum atomic E-state index is 12.2. The summed E-state index contributed by atoms with van der Waals surface area (Å²) in [6.45, 7) is 3.00. The lowest BCUT2D eigenvalue weighted by molar-refractivity contribution is -0.123. The van der Waals surface area contributed by atoms with Gasteiger partial charge in [-0.25, -0.2) is 0 Å². The van der Waals surface area contributed by atoms with Crippen molar-refractivity contribution in [3.63, 3.8) is 0 Å². The molecule has 20 heavy (non-hydrogen) atoms. The highest BCUT2D eigenvalue weighted by molar-refractivity contribution is 5.88. The zero-order chi connectivity index (χ0) is 14.6. The number of methoxy groups -OCH3 is 1. The molecule has 0 spiro atoms. The smallest absolute Gasteiger partial charge is 0.229 e. The predicted molar refractivity (Wildman–Crippen MR) is 77.8 cm³/mol. The van der Waals surface area contributed by atoms with E-state index in [0.717, 1.165) is 11.3 Å². The molecule has 0 bridgehead atoms. The number of benzene rings is 1. The normalized spacial score (nSPS) is 19.9. The number of carbonyl (C=O) groups is 1. The van der Waals surface area contributed by atoms with Crippen molar-refractivity contribution in [2.45, 2.75) is 24.9 Å². The van der Waals surface area contributed by atoms with Crippen molar-refractivity contribution < 1.29 is 14.6 Å². The van der Waals surface area contributed by atoms with Crippen LogP contribution in [-0.4, -0.2) is 43.4 Å². The van der Waals surface area contributed by atoms with E-state index in [0.29, 0.717) is 19.6 Å². The van der Waals surface area contributed by atoms with Gasteiger partial charge < -0.3 is 20.5 Å². The molecule has 110 valence electrons. The van der Waals surface area contributed by atoms with Crippen LogP contribution in [0.25, 0.3) is 0 Å². The average molecular weight is 278 g/mol. The van der Waals surface area contributed by atoms with Crippen LogP contribution in [0.3, 0.4) is 0 Å². The second-order valence-electron chi connectivity index (χ2n) is 5.48. The van der Waals surface area contributed by atoms with Crippen LogP contribution in [0.4, 0.5) is 5.69 Å². The minimum atomic E-state index is -0.947. The Kier molecular flexibility index (Phi) is 4.62. The first-order chi connectivity index (χ1) is 9.53. The van der Waals surface area contributed by atoms with Gasteiger partial charge in [-0.1, -0.05) is 18.2 Å². The number of hydrogen-bond acceptors (Lipinski definition) is 4. The fraction of sp³-hybridized carbons (Fsp3) is 0.533. The zero-order valence-electron chi connectivity index (χ0n) is 12.0. The van der Waals surface area contributed by atoms with Crippen LogP contribution in [-0.2, 0) is 9.53 Å². The Bertz CT molecular complexity index is 474. The number of carbonyl (C=O) groups excluding carboxylic acids is 1. The Balaban J connectivity index is 1.90. The molecule has 0 saturated heterocycles. The van der Waals surface area contributed by atoms with Crippen LogP contribution >= 0.6 is 0 Å². The van der Waals surface area contributed by atoms with Gasteiger partial charge in [0.2, 0.25) is 5.91 Å². The minimum Gasteiger partial charge on any atom is -0.388 e. The summed E-state index contributed by atoms with van der Waals surface area (Å²) < 4.78 is 4.95. The molecule has 2 rings (SSSR count). The highest BCUT2D eigenvalue weighted by Crippen LogP contribution is 2.31. The topological polar surface area (TPSA) is 70.6 Å². The molecule has 1 aromatic carbocycles. The maximum Gasteiger partial charge on any atom is 0.229 e. The third kappa shape index (κ3) is 3.49. The Morgan fingerprint density at radius 2 is 2.30 bits per heavy atom. The van der Waals surface area contributed by atoms with Gasteiger partial charge in [-0.05, 0) is 18.6 Å². The first-order valence-corrected chi connectivity index (χ1v) is 6.85. The second-order valence-corrected chi connectivity index (χ2v) is 5.48. The van der Waals surface area contributed by atoms with Gasteiger partial charge in [0.1, 0.15) is 0 Å². The van der Waals surface area contributed by atoms with Gasteiger partial charge in [0.25, 0.3) is 0 Å². The van der Waals surface area contributed by atoms with Crippen LogP contribution in [0.2, 0.25) is 0 Å². The summed E-state index contributed by atoms with van der Waals surface area (Å²) >= 11 is 0. The lowest BCUT2D eigenvalue weighted by atomic mass is 9.99. The van der Waals surface area contributed by atoms with Crippen LogP contribution in [0.15, 0.2) is 24.3 Å². The van der Waals surface area contributed by atoms with Crippen LogP contribution in [0.5, 0.6) is 0 Å². The third-order valence-corrected chi connectivity index (χ3v) is 3.64. The Hall–Kier alpha value is -1.59. The fourth-order valence-electron chi connectivity index (χ4n) is 2.33. The van der Waals surface area contributed by atoms with E-state index < -0.39 is 5.60 Å². The standard InChI is InChI=1S/C15H22N2O3/c1-15(19,7-8-20-2)10-17-14(18)12-9-16-13-6-4-3-5-11(12)13/h3-6,12,16,19H,7-10H2,1-2H3,(H,17,18). The van der Waals surface area contributed by atoms with E-state index in [4.69, 9.17) is 4.74 Å². The summed E-state index contributed by atoms with van der Waals surface area (Å²) in [5.74, 6) is -0.246. The fourth-order valence-corrected chi connectivity index (χ4v) is 2.33. The van der Waals surface area contributed by atoms with Crippen LogP contribution < -0.4 is 10.6 Å². The highest BCUT2D eigenvalue weighted by Gasteiger charge is 2.29. The summed E-state index contributed by atoms with van der Waals surface area (Å²) in [7, 11) is 1.59. The SMILES string of the molecule is COCCC(C)(O)CNC(=O)C1CNc2ccccc21. The molecule has 5 nitrogen and oxygen atoms in total. The van der Waals surface area contributed by atoms with Crippen LogP contribution in [0.1, 0.15) is 24.8 Å². The molecule has 1 amide bonds. The van der Waals surface area contributed by atoms with Gasteiger partial charge in [0.05, 0.1) is 11.5 Å². The lowest BCUT2D eigenvalue weighted by Gasteiger charge is -2.24. The zero-order valence-corrected chi connectivity index (χ0v) is 12.0. The minimum absolute atomic E-state index is 0.0554. The Labute approximate surface area is 119 Å². The molecular formula is C15H22N2O3. The Morgan fingerprint density at radius 1 is 1.55 bits per heavy atom. The first kappa shape index (κ1) is 14.8. The molecule has 0 saturated carbocycles. The Morgan fingerprint density at radius 3 is 3.05 bits per heavy atom. The quantitative estimate of drug-likeness (QED) is 0.729. The number of ether oxygens (including phenoxy) is 1. The van der Waals surface area contributed by atoms with E-state index >= 15 is 0 Å². The van der Waals surface area contributed by atoms with Gasteiger partial charge in [0.15, 0.2) is 0 Å². The van der Waals surface area contributed by atoms with E-state index in [9.17, 15) is 9.90 Å². The molecule has 2 unspecified atom stereocenters. The summed E-state index contributed by atoms with van der Waals surface area (Å²) in [6, 6.07) is 7.81. The molecule has 1 aliphatic rings. The number of aliphatic hydroxyl groups is 1. The summed E-state index contributed by atoms with van der Waals surface area (Å²) in [5, 5.41) is 16.2. The number of nitrogens with one attached hydrogen (secondary N) is 2. The molecule has 0 aliphatic carbocycles. The molecule has 0 aromatic heterocycles. The molecule has 5 heteroatoms. The van der Waals surface area contributed by atoms with Gasteiger partial charge in [-0.2, -0.15) is 0 Å². The lowest BCUT2D eigenvalue weighted by Crippen LogP contribution is -2.43. The van der Waals surface area contributed by atoms with Gasteiger partial charge in [-0.3, -0.25) is 4.79 Å². The molecule has 1 heterocycles. The first-order valence-electron chi connectivity index (χ1n) is 6.85. The van der Waals surface area contributed by atoms with Crippen molar-refractivity contribution in [2.75, 3.05) is 32.1 Å². The number of amides is 1. The molecule has 3 N–H and O–H groups in total. The molecule has 2 atom stereocenters.